The van der Waals surface area contributed by atoms with Gasteiger partial charge in [0.2, 0.25) is 0 Å². The number of aromatic amines is 1. The second-order valence-electron chi connectivity index (χ2n) is 4.13. The maximum atomic E-state index is 11.9. The van der Waals surface area contributed by atoms with Crippen LogP contribution in [0.25, 0.3) is 0 Å². The van der Waals surface area contributed by atoms with Gasteiger partial charge in [-0.15, -0.1) is 0 Å². The van der Waals surface area contributed by atoms with Gasteiger partial charge in [-0.05, 0) is 41.6 Å². The average Bonchev–Trinajstić information content (AvgIpc) is 2.46. The maximum Gasteiger partial charge on any atom is 0.338 e. The molecule has 1 aromatic heterocycles. The van der Waals surface area contributed by atoms with Crippen LogP contribution in [-0.4, -0.2) is 11.0 Å². The van der Waals surface area contributed by atoms with Crippen molar-refractivity contribution in [2.75, 3.05) is 0 Å². The van der Waals surface area contributed by atoms with Crippen molar-refractivity contribution in [3.63, 3.8) is 0 Å². The molecule has 1 N–H and O–H groups in total. The lowest BCUT2D eigenvalue weighted by atomic mass is 10.2. The Labute approximate surface area is 134 Å². The lowest BCUT2D eigenvalue weighted by Crippen LogP contribution is -2.16. The molecule has 0 saturated heterocycles. The number of aromatic nitrogens is 1. The molecule has 0 atom stereocenters. The summed E-state index contributed by atoms with van der Waals surface area (Å²) in [6.07, 6.45) is 0. The van der Waals surface area contributed by atoms with Crippen LogP contribution in [0, 0.1) is 10.5 Å². The SMILES string of the molecule is Cc1[nH]c(=O)c(I)c(COC(=O)c2ccccc2)c1Cl. The number of nitrogens with one attached hydrogen (secondary N) is 1. The van der Waals surface area contributed by atoms with Crippen LogP contribution in [0.1, 0.15) is 21.6 Å². The van der Waals surface area contributed by atoms with E-state index in [1.54, 1.807) is 31.2 Å². The number of halogens is 2. The zero-order valence-corrected chi connectivity index (χ0v) is 13.5. The summed E-state index contributed by atoms with van der Waals surface area (Å²) in [6.45, 7) is 1.66. The molecule has 0 saturated carbocycles. The Morgan fingerprint density at radius 2 is 2.00 bits per heavy atom. The summed E-state index contributed by atoms with van der Waals surface area (Å²) in [4.78, 5) is 26.2. The van der Waals surface area contributed by atoms with Gasteiger partial charge in [-0.3, -0.25) is 4.79 Å². The highest BCUT2D eigenvalue weighted by atomic mass is 127. The van der Waals surface area contributed by atoms with Gasteiger partial charge in [0.25, 0.3) is 5.56 Å². The summed E-state index contributed by atoms with van der Waals surface area (Å²) in [7, 11) is 0. The first-order valence-electron chi connectivity index (χ1n) is 5.79. The predicted molar refractivity (Wildman–Crippen MR) is 85.1 cm³/mol. The van der Waals surface area contributed by atoms with E-state index < -0.39 is 5.97 Å². The van der Waals surface area contributed by atoms with Crippen LogP contribution in [-0.2, 0) is 11.3 Å². The number of pyridine rings is 1. The Morgan fingerprint density at radius 1 is 1.35 bits per heavy atom. The first kappa shape index (κ1) is 15.1. The molecular weight excluding hydrogens is 393 g/mol. The lowest BCUT2D eigenvalue weighted by molar-refractivity contribution is 0.0471. The average molecular weight is 404 g/mol. The summed E-state index contributed by atoms with van der Waals surface area (Å²) in [6, 6.07) is 8.65. The second kappa shape index (κ2) is 6.41. The van der Waals surface area contributed by atoms with E-state index >= 15 is 0 Å². The van der Waals surface area contributed by atoms with Gasteiger partial charge in [-0.25, -0.2) is 4.79 Å². The number of hydrogen-bond donors (Lipinski definition) is 1. The highest BCUT2D eigenvalue weighted by Gasteiger charge is 2.15. The van der Waals surface area contributed by atoms with Gasteiger partial charge in [0.05, 0.1) is 14.2 Å². The third-order valence-electron chi connectivity index (χ3n) is 2.72. The summed E-state index contributed by atoms with van der Waals surface area (Å²) >= 11 is 8.02. The van der Waals surface area contributed by atoms with Crippen LogP contribution in [0.5, 0.6) is 0 Å². The lowest BCUT2D eigenvalue weighted by Gasteiger charge is -2.10. The Kier molecular flexibility index (Phi) is 4.82. The summed E-state index contributed by atoms with van der Waals surface area (Å²) < 4.78 is 5.63. The van der Waals surface area contributed by atoms with Gasteiger partial charge in [-0.2, -0.15) is 0 Å². The highest BCUT2D eigenvalue weighted by Crippen LogP contribution is 2.22. The summed E-state index contributed by atoms with van der Waals surface area (Å²) in [5.74, 6) is -0.449. The van der Waals surface area contributed by atoms with Gasteiger partial charge in [0, 0.05) is 11.3 Å². The zero-order valence-electron chi connectivity index (χ0n) is 10.6. The van der Waals surface area contributed by atoms with E-state index in [2.05, 4.69) is 4.98 Å². The van der Waals surface area contributed by atoms with Gasteiger partial charge in [0.1, 0.15) is 6.61 Å². The third kappa shape index (κ3) is 3.21. The zero-order chi connectivity index (χ0) is 14.7. The molecule has 2 rings (SSSR count). The van der Waals surface area contributed by atoms with Gasteiger partial charge in [-0.1, -0.05) is 29.8 Å². The molecule has 1 aromatic carbocycles. The Bertz CT molecular complexity index is 698. The Morgan fingerprint density at radius 3 is 2.65 bits per heavy atom. The smallest absolute Gasteiger partial charge is 0.338 e. The van der Waals surface area contributed by atoms with Gasteiger partial charge in [0.15, 0.2) is 0 Å². The molecule has 0 fully saturated rings. The van der Waals surface area contributed by atoms with E-state index in [0.717, 1.165) is 0 Å². The van der Waals surface area contributed by atoms with Gasteiger partial charge >= 0.3 is 5.97 Å². The Balaban J connectivity index is 2.20. The molecule has 0 aliphatic heterocycles. The molecule has 0 aliphatic rings. The number of carbonyl (C=O) groups is 1. The largest absolute Gasteiger partial charge is 0.457 e. The van der Waals surface area contributed by atoms with Gasteiger partial charge < -0.3 is 9.72 Å². The minimum atomic E-state index is -0.449. The van der Waals surface area contributed by atoms with Crippen LogP contribution in [0.15, 0.2) is 35.1 Å². The first-order valence-corrected chi connectivity index (χ1v) is 7.25. The molecular formula is C14H11ClINO3. The van der Waals surface area contributed by atoms with Crippen LogP contribution in [0.3, 0.4) is 0 Å². The second-order valence-corrected chi connectivity index (χ2v) is 5.58. The number of carbonyl (C=O) groups excluding carboxylic acids is 1. The molecule has 2 aromatic rings. The number of ether oxygens (including phenoxy) is 1. The van der Waals surface area contributed by atoms with E-state index in [9.17, 15) is 9.59 Å². The molecule has 104 valence electrons. The standard InChI is InChI=1S/C14H11ClINO3/c1-8-11(15)10(12(16)13(18)17-8)7-20-14(19)9-5-3-2-4-6-9/h2-6H,7H2,1H3,(H,17,18). The molecule has 1 heterocycles. The normalized spacial score (nSPS) is 10.3. The number of benzene rings is 1. The molecule has 0 amide bonds. The van der Waals surface area contributed by atoms with Crippen molar-refractivity contribution in [3.8, 4) is 0 Å². The summed E-state index contributed by atoms with van der Waals surface area (Å²) in [5.41, 5.74) is 1.30. The third-order valence-corrected chi connectivity index (χ3v) is 4.37. The van der Waals surface area contributed by atoms with E-state index in [1.807, 2.05) is 28.7 Å². The van der Waals surface area contributed by atoms with Crippen LogP contribution < -0.4 is 5.56 Å². The van der Waals surface area contributed by atoms with Crippen molar-refractivity contribution in [2.24, 2.45) is 0 Å². The highest BCUT2D eigenvalue weighted by molar-refractivity contribution is 14.1. The molecule has 0 radical (unpaired) electrons. The van der Waals surface area contributed by atoms with Crippen molar-refractivity contribution in [3.05, 3.63) is 66.1 Å². The molecule has 20 heavy (non-hydrogen) atoms. The summed E-state index contributed by atoms with van der Waals surface area (Å²) in [5, 5.41) is 0.412. The monoisotopic (exact) mass is 403 g/mol. The van der Waals surface area contributed by atoms with E-state index in [0.29, 0.717) is 25.4 Å². The van der Waals surface area contributed by atoms with Crippen molar-refractivity contribution >= 4 is 40.2 Å². The maximum absolute atomic E-state index is 11.9. The molecule has 0 unspecified atom stereocenters. The minimum absolute atomic E-state index is 0.0321. The number of esters is 1. The number of hydrogen-bond acceptors (Lipinski definition) is 3. The van der Waals surface area contributed by atoms with Crippen LogP contribution in [0.4, 0.5) is 0 Å². The number of aryl methyl sites for hydroxylation is 1. The fourth-order valence-electron chi connectivity index (χ4n) is 1.66. The first-order chi connectivity index (χ1) is 9.50. The topological polar surface area (TPSA) is 59.2 Å². The quantitative estimate of drug-likeness (QED) is 0.632. The molecule has 6 heteroatoms. The van der Waals surface area contributed by atoms with Crippen molar-refractivity contribution in [2.45, 2.75) is 13.5 Å². The Hall–Kier alpha value is -1.34. The van der Waals surface area contributed by atoms with E-state index in [1.165, 1.54) is 0 Å². The van der Waals surface area contributed by atoms with Crippen molar-refractivity contribution < 1.29 is 9.53 Å². The molecule has 0 bridgehead atoms. The number of rotatable bonds is 3. The fraction of sp³-hybridized carbons (Fsp3) is 0.143. The van der Waals surface area contributed by atoms with Crippen LogP contribution in [0.2, 0.25) is 5.02 Å². The molecule has 0 spiro atoms. The van der Waals surface area contributed by atoms with E-state index in [4.69, 9.17) is 16.3 Å². The minimum Gasteiger partial charge on any atom is -0.457 e. The van der Waals surface area contributed by atoms with E-state index in [-0.39, 0.29) is 12.2 Å². The number of H-pyrrole nitrogens is 1. The predicted octanol–water partition coefficient (Wildman–Crippen LogP) is 3.30. The van der Waals surface area contributed by atoms with Crippen LogP contribution >= 0.6 is 34.2 Å². The molecule has 4 nitrogen and oxygen atoms in total. The van der Waals surface area contributed by atoms with Crippen molar-refractivity contribution in [1.29, 1.82) is 0 Å². The van der Waals surface area contributed by atoms with Crippen molar-refractivity contribution in [1.82, 2.24) is 4.98 Å². The fourth-order valence-corrected chi connectivity index (χ4v) is 2.58. The molecule has 0 aliphatic carbocycles.